The molecule has 0 aliphatic heterocycles. The molecule has 2 N–H and O–H groups in total. The van der Waals surface area contributed by atoms with Gasteiger partial charge < -0.3 is 10.5 Å². The van der Waals surface area contributed by atoms with E-state index < -0.39 is 0 Å². The number of ether oxygens (including phenoxy) is 1. The molecule has 1 aromatic carbocycles. The van der Waals surface area contributed by atoms with Gasteiger partial charge in [-0.15, -0.1) is 0 Å². The minimum Gasteiger partial charge on any atom is -0.496 e. The van der Waals surface area contributed by atoms with Crippen LogP contribution in [0.5, 0.6) is 5.75 Å². The predicted molar refractivity (Wildman–Crippen MR) is 71.5 cm³/mol. The first-order valence-corrected chi connectivity index (χ1v) is 6.68. The van der Waals surface area contributed by atoms with Gasteiger partial charge in [0.05, 0.1) is 7.11 Å². The summed E-state index contributed by atoms with van der Waals surface area (Å²) >= 11 is 0. The first-order chi connectivity index (χ1) is 8.64. The lowest BCUT2D eigenvalue weighted by molar-refractivity contribution is 0.277. The van der Waals surface area contributed by atoms with Crippen LogP contribution in [0.4, 0.5) is 4.39 Å². The second-order valence-electron chi connectivity index (χ2n) is 5.32. The Bertz CT molecular complexity index is 425. The molecule has 18 heavy (non-hydrogen) atoms. The van der Waals surface area contributed by atoms with Crippen LogP contribution in [0.1, 0.15) is 43.2 Å². The maximum absolute atomic E-state index is 14.5. The van der Waals surface area contributed by atoms with Gasteiger partial charge in [-0.2, -0.15) is 0 Å². The maximum atomic E-state index is 14.5. The van der Waals surface area contributed by atoms with E-state index in [4.69, 9.17) is 10.5 Å². The summed E-state index contributed by atoms with van der Waals surface area (Å²) in [5, 5.41) is 0. The molecule has 1 aliphatic carbocycles. The standard InChI is InChI=1S/C15H22FNO/c1-11-6-7-12(18-2)13(14(11)16)15(10-17)8-4-3-5-9-15/h6-7H,3-5,8-10,17H2,1-2H3. The van der Waals surface area contributed by atoms with Crippen molar-refractivity contribution in [3.8, 4) is 5.75 Å². The number of halogens is 1. The highest BCUT2D eigenvalue weighted by molar-refractivity contribution is 5.44. The monoisotopic (exact) mass is 251 g/mol. The number of nitrogens with two attached hydrogens (primary N) is 1. The third-order valence-corrected chi connectivity index (χ3v) is 4.25. The Morgan fingerprint density at radius 2 is 1.94 bits per heavy atom. The smallest absolute Gasteiger partial charge is 0.133 e. The van der Waals surface area contributed by atoms with E-state index in [9.17, 15) is 4.39 Å². The summed E-state index contributed by atoms with van der Waals surface area (Å²) in [4.78, 5) is 0. The number of methoxy groups -OCH3 is 1. The molecule has 0 atom stereocenters. The molecular formula is C15H22FNO. The Morgan fingerprint density at radius 3 is 2.50 bits per heavy atom. The maximum Gasteiger partial charge on any atom is 0.133 e. The molecule has 0 heterocycles. The van der Waals surface area contributed by atoms with Gasteiger partial charge in [0, 0.05) is 17.5 Å². The third kappa shape index (κ3) is 2.12. The van der Waals surface area contributed by atoms with Gasteiger partial charge in [-0.25, -0.2) is 4.39 Å². The van der Waals surface area contributed by atoms with Crippen LogP contribution in [-0.4, -0.2) is 13.7 Å². The molecule has 0 bridgehead atoms. The van der Waals surface area contributed by atoms with Crippen molar-refractivity contribution in [3.63, 3.8) is 0 Å². The molecule has 0 spiro atoms. The normalized spacial score (nSPS) is 18.7. The number of rotatable bonds is 3. The van der Waals surface area contributed by atoms with E-state index in [2.05, 4.69) is 0 Å². The van der Waals surface area contributed by atoms with Crippen LogP contribution in [0.3, 0.4) is 0 Å². The van der Waals surface area contributed by atoms with Gasteiger partial charge in [0.25, 0.3) is 0 Å². The summed E-state index contributed by atoms with van der Waals surface area (Å²) in [7, 11) is 1.60. The van der Waals surface area contributed by atoms with Crippen molar-refractivity contribution in [3.05, 3.63) is 29.1 Å². The summed E-state index contributed by atoms with van der Waals surface area (Å²) in [6.07, 6.45) is 5.37. The SMILES string of the molecule is COc1ccc(C)c(F)c1C1(CN)CCCCC1. The van der Waals surface area contributed by atoms with E-state index in [-0.39, 0.29) is 11.2 Å². The molecule has 0 amide bonds. The lowest BCUT2D eigenvalue weighted by atomic mass is 9.68. The fourth-order valence-corrected chi connectivity index (χ4v) is 3.11. The predicted octanol–water partition coefficient (Wildman–Crippen LogP) is 3.30. The number of hydrogen-bond donors (Lipinski definition) is 1. The van der Waals surface area contributed by atoms with E-state index in [0.717, 1.165) is 25.7 Å². The van der Waals surface area contributed by atoms with E-state index >= 15 is 0 Å². The van der Waals surface area contributed by atoms with Crippen molar-refractivity contribution >= 4 is 0 Å². The van der Waals surface area contributed by atoms with Gasteiger partial charge in [-0.3, -0.25) is 0 Å². The van der Waals surface area contributed by atoms with E-state index in [1.54, 1.807) is 20.1 Å². The average molecular weight is 251 g/mol. The van der Waals surface area contributed by atoms with E-state index in [0.29, 0.717) is 23.4 Å². The molecule has 2 rings (SSSR count). The first-order valence-electron chi connectivity index (χ1n) is 6.68. The quantitative estimate of drug-likeness (QED) is 0.894. The highest BCUT2D eigenvalue weighted by atomic mass is 19.1. The van der Waals surface area contributed by atoms with Gasteiger partial charge in [0.1, 0.15) is 11.6 Å². The van der Waals surface area contributed by atoms with Crippen LogP contribution in [0.25, 0.3) is 0 Å². The number of aryl methyl sites for hydroxylation is 1. The number of benzene rings is 1. The van der Waals surface area contributed by atoms with Gasteiger partial charge >= 0.3 is 0 Å². The highest BCUT2D eigenvalue weighted by Crippen LogP contribution is 2.44. The highest BCUT2D eigenvalue weighted by Gasteiger charge is 2.37. The van der Waals surface area contributed by atoms with Gasteiger partial charge in [0.15, 0.2) is 0 Å². The van der Waals surface area contributed by atoms with Crippen LogP contribution in [-0.2, 0) is 5.41 Å². The molecule has 100 valence electrons. The molecule has 1 saturated carbocycles. The second-order valence-corrected chi connectivity index (χ2v) is 5.32. The molecule has 1 fully saturated rings. The zero-order valence-corrected chi connectivity index (χ0v) is 11.3. The summed E-state index contributed by atoms with van der Waals surface area (Å²) < 4.78 is 19.9. The van der Waals surface area contributed by atoms with Gasteiger partial charge in [-0.05, 0) is 31.4 Å². The average Bonchev–Trinajstić information content (AvgIpc) is 2.42. The summed E-state index contributed by atoms with van der Waals surface area (Å²) in [5.41, 5.74) is 7.13. The van der Waals surface area contributed by atoms with Gasteiger partial charge in [-0.1, -0.05) is 25.3 Å². The van der Waals surface area contributed by atoms with Crippen molar-refractivity contribution in [2.75, 3.05) is 13.7 Å². The Labute approximate surface area is 108 Å². The van der Waals surface area contributed by atoms with Crippen molar-refractivity contribution in [1.82, 2.24) is 0 Å². The molecule has 2 nitrogen and oxygen atoms in total. The van der Waals surface area contributed by atoms with Crippen LogP contribution >= 0.6 is 0 Å². The van der Waals surface area contributed by atoms with Crippen LogP contribution in [0.2, 0.25) is 0 Å². The minimum atomic E-state index is -0.236. The molecule has 0 radical (unpaired) electrons. The molecule has 0 unspecified atom stereocenters. The van der Waals surface area contributed by atoms with Crippen LogP contribution in [0, 0.1) is 12.7 Å². The van der Waals surface area contributed by atoms with Crippen molar-refractivity contribution in [2.45, 2.75) is 44.4 Å². The first kappa shape index (κ1) is 13.3. The second kappa shape index (κ2) is 5.27. The minimum absolute atomic E-state index is 0.137. The fraction of sp³-hybridized carbons (Fsp3) is 0.600. The van der Waals surface area contributed by atoms with E-state index in [1.165, 1.54) is 6.42 Å². The Morgan fingerprint density at radius 1 is 1.28 bits per heavy atom. The molecule has 3 heteroatoms. The Hall–Kier alpha value is -1.09. The lowest BCUT2D eigenvalue weighted by Gasteiger charge is -2.38. The molecule has 0 aromatic heterocycles. The Kier molecular flexibility index (Phi) is 3.91. The largest absolute Gasteiger partial charge is 0.496 e. The van der Waals surface area contributed by atoms with Crippen LogP contribution in [0.15, 0.2) is 12.1 Å². The summed E-state index contributed by atoms with van der Waals surface area (Å²) in [6.45, 7) is 2.29. The molecule has 1 aliphatic rings. The number of hydrogen-bond acceptors (Lipinski definition) is 2. The molecule has 1 aromatic rings. The van der Waals surface area contributed by atoms with Crippen molar-refractivity contribution < 1.29 is 9.13 Å². The van der Waals surface area contributed by atoms with Crippen LogP contribution < -0.4 is 10.5 Å². The zero-order chi connectivity index (χ0) is 13.2. The zero-order valence-electron chi connectivity index (χ0n) is 11.3. The molecular weight excluding hydrogens is 229 g/mol. The Balaban J connectivity index is 2.56. The topological polar surface area (TPSA) is 35.2 Å². The molecule has 0 saturated heterocycles. The van der Waals surface area contributed by atoms with E-state index in [1.807, 2.05) is 6.07 Å². The summed E-state index contributed by atoms with van der Waals surface area (Å²) in [5.74, 6) is 0.507. The lowest BCUT2D eigenvalue weighted by Crippen LogP contribution is -2.38. The summed E-state index contributed by atoms with van der Waals surface area (Å²) in [6, 6.07) is 3.63. The van der Waals surface area contributed by atoms with Gasteiger partial charge in [0.2, 0.25) is 0 Å². The fourth-order valence-electron chi connectivity index (χ4n) is 3.11. The van der Waals surface area contributed by atoms with Crippen molar-refractivity contribution in [2.24, 2.45) is 5.73 Å². The van der Waals surface area contributed by atoms with Crippen molar-refractivity contribution in [1.29, 1.82) is 0 Å². The third-order valence-electron chi connectivity index (χ3n) is 4.25.